The maximum absolute atomic E-state index is 11.2. The highest BCUT2D eigenvalue weighted by Crippen LogP contribution is 2.30. The van der Waals surface area contributed by atoms with Crippen molar-refractivity contribution < 1.29 is 9.90 Å². The molecule has 1 aromatic rings. The molecule has 1 aromatic carbocycles. The SMILES string of the molecule is CC(C)C(Nc1ccccc1C(C)(C)C)C(=O)O. The van der Waals surface area contributed by atoms with E-state index in [9.17, 15) is 9.90 Å². The van der Waals surface area contributed by atoms with Gasteiger partial charge in [-0.05, 0) is 23.0 Å². The van der Waals surface area contributed by atoms with Gasteiger partial charge in [-0.1, -0.05) is 52.8 Å². The van der Waals surface area contributed by atoms with Crippen LogP contribution in [0.4, 0.5) is 5.69 Å². The van der Waals surface area contributed by atoms with Crippen molar-refractivity contribution in [2.24, 2.45) is 5.92 Å². The molecule has 3 heteroatoms. The zero-order valence-electron chi connectivity index (χ0n) is 11.8. The number of hydrogen-bond acceptors (Lipinski definition) is 2. The molecule has 0 aromatic heterocycles. The number of benzene rings is 1. The molecule has 0 heterocycles. The van der Waals surface area contributed by atoms with Gasteiger partial charge >= 0.3 is 5.97 Å². The van der Waals surface area contributed by atoms with Gasteiger partial charge in [-0.15, -0.1) is 0 Å². The van der Waals surface area contributed by atoms with Crippen LogP contribution in [0.1, 0.15) is 40.2 Å². The maximum atomic E-state index is 11.2. The number of hydrogen-bond donors (Lipinski definition) is 2. The van der Waals surface area contributed by atoms with Crippen LogP contribution in [0.5, 0.6) is 0 Å². The summed E-state index contributed by atoms with van der Waals surface area (Å²) < 4.78 is 0. The summed E-state index contributed by atoms with van der Waals surface area (Å²) in [7, 11) is 0. The topological polar surface area (TPSA) is 49.3 Å². The molecule has 0 fully saturated rings. The Morgan fingerprint density at radius 3 is 2.22 bits per heavy atom. The van der Waals surface area contributed by atoms with Crippen molar-refractivity contribution in [1.29, 1.82) is 0 Å². The van der Waals surface area contributed by atoms with Crippen LogP contribution < -0.4 is 5.32 Å². The van der Waals surface area contributed by atoms with Gasteiger partial charge in [0.1, 0.15) is 6.04 Å². The molecule has 3 nitrogen and oxygen atoms in total. The Hall–Kier alpha value is -1.51. The summed E-state index contributed by atoms with van der Waals surface area (Å²) in [6.45, 7) is 10.2. The highest BCUT2D eigenvalue weighted by molar-refractivity contribution is 5.78. The largest absolute Gasteiger partial charge is 0.480 e. The number of rotatable bonds is 4. The van der Waals surface area contributed by atoms with Crippen LogP contribution in [-0.2, 0) is 10.2 Å². The lowest BCUT2D eigenvalue weighted by molar-refractivity contribution is -0.138. The second-order valence-electron chi connectivity index (χ2n) is 6.00. The summed E-state index contributed by atoms with van der Waals surface area (Å²) >= 11 is 0. The minimum Gasteiger partial charge on any atom is -0.480 e. The Bertz CT molecular complexity index is 419. The van der Waals surface area contributed by atoms with E-state index in [-0.39, 0.29) is 11.3 Å². The first kappa shape index (κ1) is 14.6. The van der Waals surface area contributed by atoms with E-state index in [0.717, 1.165) is 11.3 Å². The van der Waals surface area contributed by atoms with Crippen LogP contribution in [0, 0.1) is 5.92 Å². The van der Waals surface area contributed by atoms with E-state index in [2.05, 4.69) is 26.1 Å². The van der Waals surface area contributed by atoms with Crippen LogP contribution in [0.15, 0.2) is 24.3 Å². The summed E-state index contributed by atoms with van der Waals surface area (Å²) in [5, 5.41) is 12.4. The molecule has 1 unspecified atom stereocenters. The Labute approximate surface area is 109 Å². The minimum atomic E-state index is -0.811. The van der Waals surface area contributed by atoms with Crippen molar-refractivity contribution >= 4 is 11.7 Å². The van der Waals surface area contributed by atoms with Gasteiger partial charge in [0.05, 0.1) is 0 Å². The lowest BCUT2D eigenvalue weighted by Crippen LogP contribution is -2.35. The molecule has 0 radical (unpaired) electrons. The first-order valence-electron chi connectivity index (χ1n) is 6.32. The van der Waals surface area contributed by atoms with E-state index >= 15 is 0 Å². The average Bonchev–Trinajstić information content (AvgIpc) is 2.24. The Morgan fingerprint density at radius 1 is 1.22 bits per heavy atom. The molecule has 0 amide bonds. The van der Waals surface area contributed by atoms with Crippen LogP contribution in [-0.4, -0.2) is 17.1 Å². The van der Waals surface area contributed by atoms with Crippen molar-refractivity contribution in [3.63, 3.8) is 0 Å². The summed E-state index contributed by atoms with van der Waals surface area (Å²) in [5.41, 5.74) is 2.03. The number of aliphatic carboxylic acids is 1. The fraction of sp³-hybridized carbons (Fsp3) is 0.533. The molecule has 18 heavy (non-hydrogen) atoms. The molecule has 0 saturated carbocycles. The lowest BCUT2D eigenvalue weighted by atomic mass is 9.85. The standard InChI is InChI=1S/C15H23NO2/c1-10(2)13(14(17)18)16-12-9-7-6-8-11(12)15(3,4)5/h6-10,13,16H,1-5H3,(H,17,18). The van der Waals surface area contributed by atoms with Gasteiger partial charge in [0, 0.05) is 5.69 Å². The van der Waals surface area contributed by atoms with Gasteiger partial charge in [0.2, 0.25) is 0 Å². The summed E-state index contributed by atoms with van der Waals surface area (Å²) in [6, 6.07) is 7.34. The van der Waals surface area contributed by atoms with E-state index in [0.29, 0.717) is 0 Å². The number of carboxylic acids is 1. The van der Waals surface area contributed by atoms with Crippen molar-refractivity contribution in [3.05, 3.63) is 29.8 Å². The molecule has 0 bridgehead atoms. The van der Waals surface area contributed by atoms with Gasteiger partial charge in [-0.25, -0.2) is 4.79 Å². The molecule has 1 atom stereocenters. The van der Waals surface area contributed by atoms with Crippen molar-refractivity contribution in [2.75, 3.05) is 5.32 Å². The van der Waals surface area contributed by atoms with Crippen molar-refractivity contribution in [1.82, 2.24) is 0 Å². The van der Waals surface area contributed by atoms with Crippen LogP contribution in [0.3, 0.4) is 0 Å². The van der Waals surface area contributed by atoms with E-state index in [1.165, 1.54) is 0 Å². The monoisotopic (exact) mass is 249 g/mol. The minimum absolute atomic E-state index is 0.0103. The smallest absolute Gasteiger partial charge is 0.326 e. The molecular formula is C15H23NO2. The van der Waals surface area contributed by atoms with Gasteiger partial charge < -0.3 is 10.4 Å². The fourth-order valence-electron chi connectivity index (χ4n) is 1.94. The Kier molecular flexibility index (Phi) is 4.38. The number of nitrogens with one attached hydrogen (secondary N) is 1. The fourth-order valence-corrected chi connectivity index (χ4v) is 1.94. The lowest BCUT2D eigenvalue weighted by Gasteiger charge is -2.26. The Morgan fingerprint density at radius 2 is 1.78 bits per heavy atom. The summed E-state index contributed by atoms with van der Waals surface area (Å²) in [5.74, 6) is -0.774. The van der Waals surface area contributed by atoms with Crippen LogP contribution in [0.2, 0.25) is 0 Å². The maximum Gasteiger partial charge on any atom is 0.326 e. The number of anilines is 1. The van der Waals surface area contributed by atoms with Gasteiger partial charge in [0.25, 0.3) is 0 Å². The van der Waals surface area contributed by atoms with Crippen molar-refractivity contribution in [3.8, 4) is 0 Å². The third kappa shape index (κ3) is 3.49. The van der Waals surface area contributed by atoms with Gasteiger partial charge in [-0.2, -0.15) is 0 Å². The highest BCUT2D eigenvalue weighted by atomic mass is 16.4. The van der Waals surface area contributed by atoms with Gasteiger partial charge in [0.15, 0.2) is 0 Å². The second-order valence-corrected chi connectivity index (χ2v) is 6.00. The number of carboxylic acid groups (broad SMARTS) is 1. The molecule has 100 valence electrons. The van der Waals surface area contributed by atoms with Gasteiger partial charge in [-0.3, -0.25) is 0 Å². The highest BCUT2D eigenvalue weighted by Gasteiger charge is 2.24. The molecule has 0 saturated heterocycles. The average molecular weight is 249 g/mol. The molecule has 0 aliphatic heterocycles. The quantitative estimate of drug-likeness (QED) is 0.858. The van der Waals surface area contributed by atoms with E-state index in [1.807, 2.05) is 38.1 Å². The van der Waals surface area contributed by atoms with E-state index in [1.54, 1.807) is 0 Å². The third-order valence-electron chi connectivity index (χ3n) is 2.98. The van der Waals surface area contributed by atoms with E-state index in [4.69, 9.17) is 0 Å². The zero-order valence-corrected chi connectivity index (χ0v) is 11.8. The summed E-state index contributed by atoms with van der Waals surface area (Å²) in [4.78, 5) is 11.2. The first-order valence-corrected chi connectivity index (χ1v) is 6.32. The van der Waals surface area contributed by atoms with Crippen molar-refractivity contribution in [2.45, 2.75) is 46.1 Å². The van der Waals surface area contributed by atoms with Crippen LogP contribution >= 0.6 is 0 Å². The van der Waals surface area contributed by atoms with E-state index < -0.39 is 12.0 Å². The molecule has 0 spiro atoms. The molecular weight excluding hydrogens is 226 g/mol. The first-order chi connectivity index (χ1) is 8.23. The molecule has 2 N–H and O–H groups in total. The number of para-hydroxylation sites is 1. The normalized spacial score (nSPS) is 13.4. The molecule has 0 aliphatic carbocycles. The second kappa shape index (κ2) is 5.42. The van der Waals surface area contributed by atoms with Crippen LogP contribution in [0.25, 0.3) is 0 Å². The molecule has 1 rings (SSSR count). The predicted molar refractivity (Wildman–Crippen MR) is 75.0 cm³/mol. The zero-order chi connectivity index (χ0) is 13.9. The molecule has 0 aliphatic rings. The predicted octanol–water partition coefficient (Wildman–Crippen LogP) is 3.51. The Balaban J connectivity index is 3.07. The third-order valence-corrected chi connectivity index (χ3v) is 2.98. The summed E-state index contributed by atoms with van der Waals surface area (Å²) in [6.07, 6.45) is 0. The number of carbonyl (C=O) groups is 1.